The first-order chi connectivity index (χ1) is 13.2. The quantitative estimate of drug-likeness (QED) is 0.388. The fraction of sp³-hybridized carbons (Fsp3) is 0.0909. The number of halogens is 1. The van der Waals surface area contributed by atoms with Crippen LogP contribution in [-0.2, 0) is 6.54 Å². The first kappa shape index (κ1) is 17.9. The molecule has 5 heteroatoms. The molecule has 0 fully saturated rings. The average molecular weight is 436 g/mol. The maximum absolute atomic E-state index is 4.82. The van der Waals surface area contributed by atoms with Gasteiger partial charge in [0, 0.05) is 15.5 Å². The summed E-state index contributed by atoms with van der Waals surface area (Å²) in [5.41, 5.74) is 4.54. The molecule has 0 aliphatic rings. The molecule has 0 N–H and O–H groups in total. The largest absolute Gasteiger partial charge is 0.312 e. The van der Waals surface area contributed by atoms with Gasteiger partial charge in [-0.1, -0.05) is 64.5 Å². The van der Waals surface area contributed by atoms with E-state index in [1.807, 2.05) is 31.2 Å². The van der Waals surface area contributed by atoms with Crippen LogP contribution < -0.4 is 4.80 Å². The summed E-state index contributed by atoms with van der Waals surface area (Å²) in [4.78, 5) is 10.3. The van der Waals surface area contributed by atoms with Gasteiger partial charge in [-0.15, -0.1) is 11.3 Å². The summed E-state index contributed by atoms with van der Waals surface area (Å²) in [5.74, 6) is 0.737. The number of aromatic nitrogens is 2. The second-order valence-electron chi connectivity index (χ2n) is 6.23. The summed E-state index contributed by atoms with van der Waals surface area (Å²) in [6.45, 7) is 2.75. The molecule has 4 aromatic rings. The molecule has 0 spiro atoms. The van der Waals surface area contributed by atoms with Crippen molar-refractivity contribution < 1.29 is 0 Å². The minimum absolute atomic E-state index is 0.737. The zero-order valence-electron chi connectivity index (χ0n) is 14.8. The van der Waals surface area contributed by atoms with Gasteiger partial charge in [-0.25, -0.2) is 9.98 Å². The van der Waals surface area contributed by atoms with Crippen molar-refractivity contribution >= 4 is 33.1 Å². The molecule has 27 heavy (non-hydrogen) atoms. The number of hydrogen-bond acceptors (Lipinski definition) is 3. The summed E-state index contributed by atoms with van der Waals surface area (Å²) < 4.78 is 3.33. The van der Waals surface area contributed by atoms with Crippen molar-refractivity contribution in [2.24, 2.45) is 4.99 Å². The van der Waals surface area contributed by atoms with Crippen LogP contribution in [0.15, 0.2) is 87.6 Å². The lowest BCUT2D eigenvalue weighted by molar-refractivity contribution is 0.777. The number of hydrogen-bond donors (Lipinski definition) is 0. The van der Waals surface area contributed by atoms with Crippen molar-refractivity contribution in [3.05, 3.63) is 98.7 Å². The molecule has 134 valence electrons. The maximum Gasteiger partial charge on any atom is 0.192 e. The predicted octanol–water partition coefficient (Wildman–Crippen LogP) is 5.96. The van der Waals surface area contributed by atoms with Crippen molar-refractivity contribution in [3.8, 4) is 11.3 Å². The lowest BCUT2D eigenvalue weighted by Gasteiger charge is -2.10. The SMILES string of the molecule is Cc1cccc(/N=c2/scc(-c3ccc(Br)cc3)n2Cc2ccccc2)n1. The van der Waals surface area contributed by atoms with E-state index in [1.165, 1.54) is 11.1 Å². The first-order valence-electron chi connectivity index (χ1n) is 8.65. The molecular formula is C22H18BrN3S. The molecule has 0 saturated carbocycles. The molecule has 0 aliphatic carbocycles. The van der Waals surface area contributed by atoms with Crippen LogP contribution in [0.2, 0.25) is 0 Å². The number of rotatable bonds is 4. The van der Waals surface area contributed by atoms with Crippen LogP contribution in [0.5, 0.6) is 0 Å². The van der Waals surface area contributed by atoms with Gasteiger partial charge in [0.1, 0.15) is 0 Å². The Balaban J connectivity index is 1.85. The van der Waals surface area contributed by atoms with E-state index in [2.05, 4.69) is 79.4 Å². The predicted molar refractivity (Wildman–Crippen MR) is 115 cm³/mol. The van der Waals surface area contributed by atoms with E-state index in [0.29, 0.717) is 0 Å². The lowest BCUT2D eigenvalue weighted by atomic mass is 10.1. The van der Waals surface area contributed by atoms with Crippen molar-refractivity contribution in [1.29, 1.82) is 0 Å². The van der Waals surface area contributed by atoms with Gasteiger partial charge in [-0.05, 0) is 42.3 Å². The molecule has 0 bridgehead atoms. The topological polar surface area (TPSA) is 30.2 Å². The summed E-state index contributed by atoms with van der Waals surface area (Å²) in [6.07, 6.45) is 0. The number of aryl methyl sites for hydroxylation is 1. The van der Waals surface area contributed by atoms with Gasteiger partial charge in [-0.3, -0.25) is 0 Å². The highest BCUT2D eigenvalue weighted by molar-refractivity contribution is 9.10. The molecular weight excluding hydrogens is 418 g/mol. The molecule has 4 rings (SSSR count). The number of nitrogens with zero attached hydrogens (tertiary/aromatic N) is 3. The second kappa shape index (κ2) is 8.03. The van der Waals surface area contributed by atoms with Crippen LogP contribution in [0.1, 0.15) is 11.3 Å². The van der Waals surface area contributed by atoms with Crippen LogP contribution in [0, 0.1) is 6.92 Å². The Morgan fingerprint density at radius 2 is 1.74 bits per heavy atom. The van der Waals surface area contributed by atoms with Gasteiger partial charge < -0.3 is 4.57 Å². The molecule has 0 radical (unpaired) electrons. The van der Waals surface area contributed by atoms with E-state index in [9.17, 15) is 0 Å². The van der Waals surface area contributed by atoms with Crippen LogP contribution in [0.4, 0.5) is 5.82 Å². The molecule has 0 atom stereocenters. The van der Waals surface area contributed by atoms with Gasteiger partial charge in [0.05, 0.1) is 12.2 Å². The van der Waals surface area contributed by atoms with Crippen molar-refractivity contribution in [1.82, 2.24) is 9.55 Å². The lowest BCUT2D eigenvalue weighted by Crippen LogP contribution is -2.16. The Hall–Kier alpha value is -2.50. The molecule has 0 unspecified atom stereocenters. The maximum atomic E-state index is 4.82. The van der Waals surface area contributed by atoms with E-state index >= 15 is 0 Å². The fourth-order valence-electron chi connectivity index (χ4n) is 2.88. The van der Waals surface area contributed by atoms with Crippen molar-refractivity contribution in [3.63, 3.8) is 0 Å². The van der Waals surface area contributed by atoms with E-state index in [-0.39, 0.29) is 0 Å². The first-order valence-corrected chi connectivity index (χ1v) is 10.3. The molecule has 0 saturated heterocycles. The molecule has 0 aliphatic heterocycles. The van der Waals surface area contributed by atoms with Crippen LogP contribution >= 0.6 is 27.3 Å². The third-order valence-electron chi connectivity index (χ3n) is 4.20. The van der Waals surface area contributed by atoms with Crippen molar-refractivity contribution in [2.75, 3.05) is 0 Å². The van der Waals surface area contributed by atoms with Crippen LogP contribution in [-0.4, -0.2) is 9.55 Å². The third kappa shape index (κ3) is 4.26. The Morgan fingerprint density at radius 3 is 2.48 bits per heavy atom. The van der Waals surface area contributed by atoms with Crippen LogP contribution in [0.25, 0.3) is 11.3 Å². The van der Waals surface area contributed by atoms with Crippen molar-refractivity contribution in [2.45, 2.75) is 13.5 Å². The highest BCUT2D eigenvalue weighted by atomic mass is 79.9. The van der Waals surface area contributed by atoms with E-state index in [1.54, 1.807) is 11.3 Å². The zero-order valence-corrected chi connectivity index (χ0v) is 17.2. The fourth-order valence-corrected chi connectivity index (χ4v) is 4.06. The third-order valence-corrected chi connectivity index (χ3v) is 5.60. The highest BCUT2D eigenvalue weighted by Crippen LogP contribution is 2.23. The Kier molecular flexibility index (Phi) is 5.32. The minimum Gasteiger partial charge on any atom is -0.312 e. The molecule has 2 aromatic carbocycles. The van der Waals surface area contributed by atoms with E-state index in [0.717, 1.165) is 33.0 Å². The monoisotopic (exact) mass is 435 g/mol. The summed E-state index contributed by atoms with van der Waals surface area (Å²) in [7, 11) is 0. The van der Waals surface area contributed by atoms with Gasteiger partial charge in [0.25, 0.3) is 0 Å². The van der Waals surface area contributed by atoms with E-state index < -0.39 is 0 Å². The molecule has 2 aromatic heterocycles. The smallest absolute Gasteiger partial charge is 0.192 e. The van der Waals surface area contributed by atoms with E-state index in [4.69, 9.17) is 4.99 Å². The van der Waals surface area contributed by atoms with Gasteiger partial charge in [0.2, 0.25) is 0 Å². The highest BCUT2D eigenvalue weighted by Gasteiger charge is 2.09. The van der Waals surface area contributed by atoms with Gasteiger partial charge in [0.15, 0.2) is 10.6 Å². The minimum atomic E-state index is 0.737. The normalized spacial score (nSPS) is 11.7. The van der Waals surface area contributed by atoms with Gasteiger partial charge >= 0.3 is 0 Å². The standard InChI is InChI=1S/C22H18BrN3S/c1-16-6-5-9-21(24-16)25-22-26(14-17-7-3-2-4-8-17)20(15-27-22)18-10-12-19(23)13-11-18/h2-13,15H,14H2,1H3/b25-22+. The summed E-state index contributed by atoms with van der Waals surface area (Å²) >= 11 is 5.16. The molecule has 3 nitrogen and oxygen atoms in total. The Labute approximate surface area is 170 Å². The second-order valence-corrected chi connectivity index (χ2v) is 7.98. The number of thiazole rings is 1. The number of benzene rings is 2. The summed E-state index contributed by atoms with van der Waals surface area (Å²) in [5, 5.41) is 2.17. The Morgan fingerprint density at radius 1 is 0.963 bits per heavy atom. The summed E-state index contributed by atoms with van der Waals surface area (Å²) in [6, 6.07) is 24.8. The van der Waals surface area contributed by atoms with Gasteiger partial charge in [-0.2, -0.15) is 0 Å². The van der Waals surface area contributed by atoms with Crippen LogP contribution in [0.3, 0.4) is 0 Å². The Bertz CT molecular complexity index is 1110. The number of pyridine rings is 1. The average Bonchev–Trinajstić information content (AvgIpc) is 3.05. The molecule has 0 amide bonds. The molecule has 2 heterocycles. The zero-order chi connectivity index (χ0) is 18.6.